The van der Waals surface area contributed by atoms with E-state index in [1.54, 1.807) is 0 Å². The van der Waals surface area contributed by atoms with Gasteiger partial charge in [0.1, 0.15) is 5.75 Å². The van der Waals surface area contributed by atoms with Gasteiger partial charge in [0.05, 0.1) is 0 Å². The van der Waals surface area contributed by atoms with Crippen LogP contribution in [0.15, 0.2) is 41.3 Å². The van der Waals surface area contributed by atoms with Crippen LogP contribution in [0.4, 0.5) is 0 Å². The van der Waals surface area contributed by atoms with E-state index < -0.39 is 11.2 Å². The van der Waals surface area contributed by atoms with Crippen LogP contribution in [0.1, 0.15) is 12.0 Å². The molecule has 0 fully saturated rings. The molecule has 3 rings (SSSR count). The van der Waals surface area contributed by atoms with Crippen LogP contribution in [0.25, 0.3) is 10.8 Å². The van der Waals surface area contributed by atoms with Gasteiger partial charge in [0.25, 0.3) is 0 Å². The lowest BCUT2D eigenvalue weighted by Gasteiger charge is -2.20. The van der Waals surface area contributed by atoms with Crippen LogP contribution in [0.2, 0.25) is 0 Å². The summed E-state index contributed by atoms with van der Waals surface area (Å²) in [7, 11) is 0. The van der Waals surface area contributed by atoms with Crippen molar-refractivity contribution < 1.29 is 4.55 Å². The second-order valence-corrected chi connectivity index (χ2v) is 5.46. The van der Waals surface area contributed by atoms with Crippen molar-refractivity contribution in [3.63, 3.8) is 0 Å². The Morgan fingerprint density at radius 1 is 1.07 bits per heavy atom. The van der Waals surface area contributed by atoms with E-state index in [0.29, 0.717) is 0 Å². The molecule has 0 amide bonds. The summed E-state index contributed by atoms with van der Waals surface area (Å²) in [5.41, 5.74) is 1.30. The Morgan fingerprint density at radius 2 is 1.93 bits per heavy atom. The Kier molecular flexibility index (Phi) is 2.19. The molecule has 0 bridgehead atoms. The molecule has 1 aliphatic rings. The minimum atomic E-state index is -0.771. The molecule has 1 unspecified atom stereocenters. The molecule has 0 saturated carbocycles. The van der Waals surface area contributed by atoms with Gasteiger partial charge in [-0.15, -0.1) is 0 Å². The summed E-state index contributed by atoms with van der Waals surface area (Å²) < 4.78 is 11.8. The number of hydrogen-bond acceptors (Lipinski definition) is 1. The van der Waals surface area contributed by atoms with Crippen LogP contribution in [0, 0.1) is 0 Å². The Labute approximate surface area is 92.3 Å². The van der Waals surface area contributed by atoms with Gasteiger partial charge in [0, 0.05) is 5.56 Å². The predicted octanol–water partition coefficient (Wildman–Crippen LogP) is 2.89. The van der Waals surface area contributed by atoms with E-state index in [1.165, 1.54) is 16.3 Å². The third kappa shape index (κ3) is 1.45. The molecule has 2 aromatic rings. The van der Waals surface area contributed by atoms with Crippen LogP contribution in [0.5, 0.6) is 0 Å². The summed E-state index contributed by atoms with van der Waals surface area (Å²) in [4.78, 5) is 1.06. The summed E-state index contributed by atoms with van der Waals surface area (Å²) in [5, 5.41) is 2.54. The molecule has 2 aromatic carbocycles. The smallest absolute Gasteiger partial charge is 0.156 e. The number of benzene rings is 2. The second-order valence-electron chi connectivity index (χ2n) is 3.92. The second kappa shape index (κ2) is 3.54. The minimum absolute atomic E-state index is 0.771. The molecule has 0 spiro atoms. The molecular weight excluding hydrogens is 204 g/mol. The van der Waals surface area contributed by atoms with Crippen molar-refractivity contribution in [2.24, 2.45) is 0 Å². The Morgan fingerprint density at radius 3 is 2.87 bits per heavy atom. The van der Waals surface area contributed by atoms with Crippen molar-refractivity contribution in [1.82, 2.24) is 0 Å². The first-order chi connectivity index (χ1) is 7.36. The summed E-state index contributed by atoms with van der Waals surface area (Å²) >= 11 is -0.771. The molecule has 15 heavy (non-hydrogen) atoms. The summed E-state index contributed by atoms with van der Waals surface area (Å²) in [5.74, 6) is 0.825. The Balaban J connectivity index is 2.33. The largest absolute Gasteiger partial charge is 0.611 e. The third-order valence-electron chi connectivity index (χ3n) is 3.00. The first kappa shape index (κ1) is 9.25. The maximum Gasteiger partial charge on any atom is 0.156 e. The van der Waals surface area contributed by atoms with Gasteiger partial charge in [0.15, 0.2) is 4.90 Å². The van der Waals surface area contributed by atoms with Crippen molar-refractivity contribution >= 4 is 21.9 Å². The van der Waals surface area contributed by atoms with Crippen molar-refractivity contribution in [3.8, 4) is 0 Å². The molecule has 1 nitrogen and oxygen atoms in total. The van der Waals surface area contributed by atoms with E-state index in [0.717, 1.165) is 23.5 Å². The lowest BCUT2D eigenvalue weighted by Crippen LogP contribution is -2.16. The number of rotatable bonds is 0. The lowest BCUT2D eigenvalue weighted by molar-refractivity contribution is 0.586. The van der Waals surface area contributed by atoms with Crippen molar-refractivity contribution in [3.05, 3.63) is 42.0 Å². The quantitative estimate of drug-likeness (QED) is 0.621. The van der Waals surface area contributed by atoms with Gasteiger partial charge in [-0.2, -0.15) is 0 Å². The van der Waals surface area contributed by atoms with Crippen molar-refractivity contribution in [1.29, 1.82) is 0 Å². The average molecular weight is 216 g/mol. The SMILES string of the molecule is [O-][S+]1CCCc2c1ccc1ccccc21. The van der Waals surface area contributed by atoms with Crippen molar-refractivity contribution in [2.45, 2.75) is 17.7 Å². The normalized spacial score (nSPS) is 20.2. The van der Waals surface area contributed by atoms with Gasteiger partial charge < -0.3 is 4.55 Å². The van der Waals surface area contributed by atoms with Crippen LogP contribution < -0.4 is 0 Å². The van der Waals surface area contributed by atoms with Crippen LogP contribution in [-0.2, 0) is 17.6 Å². The van der Waals surface area contributed by atoms with Gasteiger partial charge in [0.2, 0.25) is 0 Å². The van der Waals surface area contributed by atoms with E-state index >= 15 is 0 Å². The highest BCUT2D eigenvalue weighted by Gasteiger charge is 2.22. The monoisotopic (exact) mass is 216 g/mol. The molecule has 1 aliphatic heterocycles. The highest BCUT2D eigenvalue weighted by molar-refractivity contribution is 7.91. The molecule has 0 aliphatic carbocycles. The Hall–Kier alpha value is -0.990. The lowest BCUT2D eigenvalue weighted by atomic mass is 10.0. The zero-order valence-corrected chi connectivity index (χ0v) is 9.22. The maximum absolute atomic E-state index is 11.8. The zero-order valence-electron chi connectivity index (χ0n) is 8.40. The number of fused-ring (bicyclic) bond motifs is 3. The molecule has 1 atom stereocenters. The van der Waals surface area contributed by atoms with Gasteiger partial charge >= 0.3 is 0 Å². The standard InChI is InChI=1S/C13H12OS/c14-15-9-3-6-12-11-5-2-1-4-10(11)7-8-13(12)15/h1-2,4-5,7-8H,3,6,9H2. The zero-order chi connectivity index (χ0) is 10.3. The number of hydrogen-bond donors (Lipinski definition) is 0. The molecular formula is C13H12OS. The minimum Gasteiger partial charge on any atom is -0.611 e. The topological polar surface area (TPSA) is 23.1 Å². The highest BCUT2D eigenvalue weighted by atomic mass is 32.2. The molecule has 0 aromatic heterocycles. The first-order valence-corrected chi connectivity index (χ1v) is 6.57. The summed E-state index contributed by atoms with van der Waals surface area (Å²) in [6.45, 7) is 0. The van der Waals surface area contributed by atoms with Crippen LogP contribution in [0.3, 0.4) is 0 Å². The highest BCUT2D eigenvalue weighted by Crippen LogP contribution is 2.31. The molecule has 0 radical (unpaired) electrons. The summed E-state index contributed by atoms with van der Waals surface area (Å²) in [6, 6.07) is 12.5. The predicted molar refractivity (Wildman–Crippen MR) is 63.5 cm³/mol. The van der Waals surface area contributed by atoms with Crippen molar-refractivity contribution in [2.75, 3.05) is 5.75 Å². The van der Waals surface area contributed by atoms with E-state index in [-0.39, 0.29) is 0 Å². The molecule has 1 heterocycles. The van der Waals surface area contributed by atoms with Gasteiger partial charge in [-0.25, -0.2) is 0 Å². The van der Waals surface area contributed by atoms with Gasteiger partial charge in [-0.05, 0) is 46.9 Å². The van der Waals surface area contributed by atoms with Crippen LogP contribution in [-0.4, -0.2) is 10.3 Å². The fourth-order valence-electron chi connectivity index (χ4n) is 2.28. The fourth-order valence-corrected chi connectivity index (χ4v) is 3.61. The molecule has 2 heteroatoms. The molecule has 0 N–H and O–H groups in total. The third-order valence-corrected chi connectivity index (χ3v) is 4.53. The van der Waals surface area contributed by atoms with E-state index in [1.807, 2.05) is 6.07 Å². The molecule has 76 valence electrons. The molecule has 0 saturated heterocycles. The maximum atomic E-state index is 11.8. The number of aryl methyl sites for hydroxylation is 1. The first-order valence-electron chi connectivity index (χ1n) is 5.25. The van der Waals surface area contributed by atoms with E-state index in [2.05, 4.69) is 30.3 Å². The van der Waals surface area contributed by atoms with Gasteiger partial charge in [-0.1, -0.05) is 24.3 Å². The summed E-state index contributed by atoms with van der Waals surface area (Å²) in [6.07, 6.45) is 2.12. The average Bonchev–Trinajstić information content (AvgIpc) is 2.29. The van der Waals surface area contributed by atoms with Crippen LogP contribution >= 0.6 is 0 Å². The fraction of sp³-hybridized carbons (Fsp3) is 0.231. The van der Waals surface area contributed by atoms with E-state index in [9.17, 15) is 4.55 Å². The Bertz CT molecular complexity index is 507. The van der Waals surface area contributed by atoms with E-state index in [4.69, 9.17) is 0 Å². The van der Waals surface area contributed by atoms with Gasteiger partial charge in [-0.3, -0.25) is 0 Å².